The van der Waals surface area contributed by atoms with Crippen molar-refractivity contribution < 1.29 is 9.21 Å². The van der Waals surface area contributed by atoms with E-state index in [-0.39, 0.29) is 18.0 Å². The quantitative estimate of drug-likeness (QED) is 0.343. The average molecular weight is 483 g/mol. The summed E-state index contributed by atoms with van der Waals surface area (Å²) < 4.78 is 7.36. The number of hydrogen-bond donors (Lipinski definition) is 0. The highest BCUT2D eigenvalue weighted by atomic mass is 32.2. The Balaban J connectivity index is 1.83. The van der Waals surface area contributed by atoms with Crippen molar-refractivity contribution in [3.05, 3.63) is 68.9 Å². The lowest BCUT2D eigenvalue weighted by atomic mass is 10.2. The maximum absolute atomic E-state index is 13.6. The van der Waals surface area contributed by atoms with Crippen LogP contribution in [0.2, 0.25) is 0 Å². The van der Waals surface area contributed by atoms with Crippen LogP contribution in [-0.4, -0.2) is 37.6 Å². The number of hydrogen-bond acceptors (Lipinski definition) is 7. The van der Waals surface area contributed by atoms with Crippen LogP contribution >= 0.6 is 24.0 Å². The minimum Gasteiger partial charge on any atom is -0.467 e. The van der Waals surface area contributed by atoms with Gasteiger partial charge < -0.3 is 9.32 Å². The van der Waals surface area contributed by atoms with Gasteiger partial charge in [0.1, 0.15) is 21.5 Å². The minimum absolute atomic E-state index is 0.202. The monoisotopic (exact) mass is 482 g/mol. The molecule has 0 spiro atoms. The molecular weight excluding hydrogens is 456 g/mol. The number of nitrogens with zero attached hydrogens (tertiary/aromatic N) is 4. The first-order chi connectivity index (χ1) is 15.9. The smallest absolute Gasteiger partial charge is 0.267 e. The zero-order chi connectivity index (χ0) is 23.5. The number of furan rings is 1. The third-order valence-corrected chi connectivity index (χ3v) is 6.77. The molecule has 3 aromatic heterocycles. The van der Waals surface area contributed by atoms with Gasteiger partial charge in [0.05, 0.1) is 23.3 Å². The number of carbonyl (C=O) groups is 1. The second-order valence-corrected chi connectivity index (χ2v) is 9.55. The number of thiocarbonyl (C=S) groups is 1. The van der Waals surface area contributed by atoms with Crippen LogP contribution in [0, 0.1) is 6.92 Å². The molecule has 4 rings (SSSR count). The molecule has 1 aliphatic rings. The second-order valence-electron chi connectivity index (χ2n) is 7.87. The molecule has 3 aromatic rings. The van der Waals surface area contributed by atoms with Gasteiger partial charge in [-0.25, -0.2) is 4.98 Å². The summed E-state index contributed by atoms with van der Waals surface area (Å²) in [6.45, 7) is 7.93. The number of carbonyl (C=O) groups excluding carboxylic acids is 1. The molecule has 0 radical (unpaired) electrons. The fraction of sp³-hybridized carbons (Fsp3) is 0.333. The highest BCUT2D eigenvalue weighted by molar-refractivity contribution is 8.26. The largest absolute Gasteiger partial charge is 0.467 e. The van der Waals surface area contributed by atoms with Gasteiger partial charge in [-0.2, -0.15) is 0 Å². The molecule has 9 heteroatoms. The number of aryl methyl sites for hydroxylation is 1. The van der Waals surface area contributed by atoms with Crippen LogP contribution in [0.4, 0.5) is 5.82 Å². The van der Waals surface area contributed by atoms with E-state index < -0.39 is 0 Å². The molecule has 1 saturated heterocycles. The third-order valence-electron chi connectivity index (χ3n) is 5.39. The maximum atomic E-state index is 13.6. The fourth-order valence-electron chi connectivity index (χ4n) is 3.86. The Morgan fingerprint density at radius 1 is 1.18 bits per heavy atom. The summed E-state index contributed by atoms with van der Waals surface area (Å²) in [6.07, 6.45) is 6.76. The van der Waals surface area contributed by atoms with Gasteiger partial charge in [-0.05, 0) is 49.6 Å². The second kappa shape index (κ2) is 9.93. The zero-order valence-electron chi connectivity index (χ0n) is 18.9. The van der Waals surface area contributed by atoms with Gasteiger partial charge in [0.2, 0.25) is 0 Å². The summed E-state index contributed by atoms with van der Waals surface area (Å²) >= 11 is 6.65. The third kappa shape index (κ3) is 4.60. The number of anilines is 1. The predicted octanol–water partition coefficient (Wildman–Crippen LogP) is 4.62. The fourth-order valence-corrected chi connectivity index (χ4v) is 5.09. The van der Waals surface area contributed by atoms with Crippen LogP contribution < -0.4 is 10.5 Å². The molecule has 0 unspecified atom stereocenters. The zero-order valence-corrected chi connectivity index (χ0v) is 20.5. The molecule has 0 saturated carbocycles. The van der Waals surface area contributed by atoms with Gasteiger partial charge in [-0.1, -0.05) is 43.9 Å². The lowest BCUT2D eigenvalue weighted by Crippen LogP contribution is -2.31. The van der Waals surface area contributed by atoms with E-state index in [1.807, 2.05) is 19.1 Å². The molecule has 1 amide bonds. The molecule has 172 valence electrons. The molecule has 33 heavy (non-hydrogen) atoms. The van der Waals surface area contributed by atoms with Gasteiger partial charge in [0.15, 0.2) is 0 Å². The minimum atomic E-state index is -0.237. The number of aromatic nitrogens is 2. The summed E-state index contributed by atoms with van der Waals surface area (Å²) in [4.78, 5) is 35.7. The first kappa shape index (κ1) is 23.3. The highest BCUT2D eigenvalue weighted by Gasteiger charge is 2.33. The Kier molecular flexibility index (Phi) is 6.99. The van der Waals surface area contributed by atoms with E-state index >= 15 is 0 Å². The Labute approximate surface area is 202 Å². The molecule has 1 aliphatic heterocycles. The SMILES string of the molecule is CCCN(CCC)c1nc2c(C)cccn2c(=O)c1C=C1SC(=S)N(Cc2ccco2)C1=O. The van der Waals surface area contributed by atoms with E-state index in [1.165, 1.54) is 16.7 Å². The molecule has 1 fully saturated rings. The summed E-state index contributed by atoms with van der Waals surface area (Å²) in [6, 6.07) is 7.34. The number of pyridine rings is 1. The Bertz CT molecular complexity index is 1270. The van der Waals surface area contributed by atoms with Crippen LogP contribution in [0.5, 0.6) is 0 Å². The van der Waals surface area contributed by atoms with Crippen LogP contribution in [0.3, 0.4) is 0 Å². The van der Waals surface area contributed by atoms with Gasteiger partial charge >= 0.3 is 0 Å². The summed E-state index contributed by atoms with van der Waals surface area (Å²) in [5, 5.41) is 0. The van der Waals surface area contributed by atoms with Crippen molar-refractivity contribution in [2.45, 2.75) is 40.2 Å². The first-order valence-corrected chi connectivity index (χ1v) is 12.2. The molecule has 0 atom stereocenters. The molecule has 0 aliphatic carbocycles. The van der Waals surface area contributed by atoms with E-state index in [4.69, 9.17) is 21.6 Å². The maximum Gasteiger partial charge on any atom is 0.267 e. The van der Waals surface area contributed by atoms with Gasteiger partial charge in [0.25, 0.3) is 11.5 Å². The van der Waals surface area contributed by atoms with Crippen molar-refractivity contribution in [3.63, 3.8) is 0 Å². The Hall–Kier alpha value is -2.91. The predicted molar refractivity (Wildman–Crippen MR) is 136 cm³/mol. The van der Waals surface area contributed by atoms with E-state index in [2.05, 4.69) is 18.7 Å². The van der Waals surface area contributed by atoms with E-state index in [9.17, 15) is 9.59 Å². The Morgan fingerprint density at radius 3 is 2.61 bits per heavy atom. The number of amides is 1. The van der Waals surface area contributed by atoms with E-state index in [0.29, 0.717) is 32.0 Å². The summed E-state index contributed by atoms with van der Waals surface area (Å²) in [7, 11) is 0. The molecule has 0 N–H and O–H groups in total. The van der Waals surface area contributed by atoms with Crippen molar-refractivity contribution in [1.82, 2.24) is 14.3 Å². The van der Waals surface area contributed by atoms with Crippen LogP contribution in [0.1, 0.15) is 43.6 Å². The van der Waals surface area contributed by atoms with Gasteiger partial charge in [-0.3, -0.25) is 18.9 Å². The summed E-state index contributed by atoms with van der Waals surface area (Å²) in [5.41, 5.74) is 1.74. The topological polar surface area (TPSA) is 71.1 Å². The number of fused-ring (bicyclic) bond motifs is 1. The lowest BCUT2D eigenvalue weighted by molar-refractivity contribution is -0.122. The van der Waals surface area contributed by atoms with E-state index in [0.717, 1.165) is 31.5 Å². The standard InChI is InChI=1S/C24H26N4O3S2/c1-4-10-26(11-5-2)21-18(22(29)27-12-6-8-16(3)20(27)25-21)14-19-23(30)28(24(32)33-19)15-17-9-7-13-31-17/h6-9,12-14H,4-5,10-11,15H2,1-3H3. The first-order valence-electron chi connectivity index (χ1n) is 11.0. The average Bonchev–Trinajstić information content (AvgIpc) is 3.40. The lowest BCUT2D eigenvalue weighted by Gasteiger charge is -2.25. The molecular formula is C24H26N4O3S2. The number of rotatable bonds is 8. The van der Waals surface area contributed by atoms with Crippen molar-refractivity contribution in [2.75, 3.05) is 18.0 Å². The van der Waals surface area contributed by atoms with E-state index in [1.54, 1.807) is 35.1 Å². The van der Waals surface area contributed by atoms with Crippen molar-refractivity contribution in [3.8, 4) is 0 Å². The van der Waals surface area contributed by atoms with Gasteiger partial charge in [0, 0.05) is 19.3 Å². The Morgan fingerprint density at radius 2 is 1.94 bits per heavy atom. The molecule has 0 bridgehead atoms. The highest BCUT2D eigenvalue weighted by Crippen LogP contribution is 2.34. The molecule has 4 heterocycles. The normalized spacial score (nSPS) is 15.2. The van der Waals surface area contributed by atoms with Crippen LogP contribution in [0.25, 0.3) is 11.7 Å². The van der Waals surface area contributed by atoms with Crippen LogP contribution in [-0.2, 0) is 11.3 Å². The van der Waals surface area contributed by atoms with Crippen LogP contribution in [0.15, 0.2) is 50.8 Å². The molecule has 7 nitrogen and oxygen atoms in total. The van der Waals surface area contributed by atoms with Crippen molar-refractivity contribution >= 4 is 51.7 Å². The van der Waals surface area contributed by atoms with Crippen molar-refractivity contribution in [1.29, 1.82) is 0 Å². The molecule has 0 aromatic carbocycles. The van der Waals surface area contributed by atoms with Crippen molar-refractivity contribution in [2.24, 2.45) is 0 Å². The van der Waals surface area contributed by atoms with Gasteiger partial charge in [-0.15, -0.1) is 0 Å². The number of thioether (sulfide) groups is 1. The summed E-state index contributed by atoms with van der Waals surface area (Å²) in [5.74, 6) is 1.01.